The Morgan fingerprint density at radius 3 is 0.786 bits per heavy atom. The van der Waals surface area contributed by atoms with E-state index in [1.807, 2.05) is 0 Å². The molecule has 0 aromatic carbocycles. The molecule has 0 spiro atoms. The third-order valence-corrected chi connectivity index (χ3v) is 9.55. The number of esters is 4. The predicted molar refractivity (Wildman–Crippen MR) is 159 cm³/mol. The summed E-state index contributed by atoms with van der Waals surface area (Å²) in [4.78, 5) is 46.7. The Hall–Kier alpha value is -3.16. The fourth-order valence-corrected chi connectivity index (χ4v) is 9.30. The second kappa shape index (κ2) is 14.8. The summed E-state index contributed by atoms with van der Waals surface area (Å²) in [6.45, 7) is 15.4. The zero-order valence-corrected chi connectivity index (χ0v) is 25.1. The molecule has 0 amide bonds. The molecule has 0 heterocycles. The van der Waals surface area contributed by atoms with Crippen LogP contribution in [0.3, 0.4) is 0 Å². The summed E-state index contributed by atoms with van der Waals surface area (Å²) in [6, 6.07) is 0. The van der Waals surface area contributed by atoms with E-state index in [0.717, 1.165) is 89.9 Å². The topological polar surface area (TPSA) is 105 Å². The summed E-state index contributed by atoms with van der Waals surface area (Å²) < 4.78 is 21.4. The summed E-state index contributed by atoms with van der Waals surface area (Å²) in [6.07, 6.45) is 18.4. The van der Waals surface area contributed by atoms with Gasteiger partial charge in [-0.1, -0.05) is 26.3 Å². The Balaban J connectivity index is 1.83. The first-order chi connectivity index (χ1) is 20.1. The van der Waals surface area contributed by atoms with Crippen molar-refractivity contribution in [3.05, 3.63) is 50.6 Å². The Labute approximate surface area is 250 Å². The highest BCUT2D eigenvalue weighted by atomic mass is 16.5. The minimum absolute atomic E-state index is 0.0999. The first-order valence-electron chi connectivity index (χ1n) is 15.2. The molecule has 0 atom stereocenters. The van der Waals surface area contributed by atoms with Gasteiger partial charge >= 0.3 is 23.9 Å². The largest absolute Gasteiger partial charge is 0.463 e. The van der Waals surface area contributed by atoms with Gasteiger partial charge in [-0.25, -0.2) is 19.2 Å². The minimum atomic E-state index is -0.401. The maximum atomic E-state index is 11.7. The zero-order valence-electron chi connectivity index (χ0n) is 25.1. The molecule has 0 unspecified atom stereocenters. The second-order valence-electron chi connectivity index (χ2n) is 13.0. The second-order valence-corrected chi connectivity index (χ2v) is 13.0. The highest BCUT2D eigenvalue weighted by Gasteiger charge is 2.66. The van der Waals surface area contributed by atoms with Crippen molar-refractivity contribution in [2.75, 3.05) is 26.4 Å². The molecule has 0 aromatic heterocycles. The van der Waals surface area contributed by atoms with E-state index < -0.39 is 23.9 Å². The number of rotatable bonds is 20. The lowest BCUT2D eigenvalue weighted by Gasteiger charge is -2.72. The Morgan fingerprint density at radius 1 is 0.429 bits per heavy atom. The van der Waals surface area contributed by atoms with Crippen LogP contribution in [0.2, 0.25) is 0 Å². The van der Waals surface area contributed by atoms with Gasteiger partial charge in [0.25, 0.3) is 0 Å². The molecule has 4 rings (SSSR count). The van der Waals surface area contributed by atoms with Crippen LogP contribution in [-0.2, 0) is 38.1 Å². The van der Waals surface area contributed by atoms with Crippen LogP contribution >= 0.6 is 0 Å². The Kier molecular flexibility index (Phi) is 11.8. The molecule has 4 aliphatic carbocycles. The molecule has 0 N–H and O–H groups in total. The summed E-state index contributed by atoms with van der Waals surface area (Å²) in [5, 5.41) is 0. The molecule has 4 fully saturated rings. The first kappa shape index (κ1) is 33.3. The molecule has 0 radical (unpaired) electrons. The van der Waals surface area contributed by atoms with Gasteiger partial charge < -0.3 is 18.9 Å². The van der Waals surface area contributed by atoms with Gasteiger partial charge in [0.05, 0.1) is 26.4 Å². The number of carbonyl (C=O) groups excluding carboxylic acids is 4. The molecule has 42 heavy (non-hydrogen) atoms. The van der Waals surface area contributed by atoms with Crippen LogP contribution in [0.5, 0.6) is 0 Å². The van der Waals surface area contributed by atoms with Crippen LogP contribution in [0.25, 0.3) is 0 Å². The molecule has 232 valence electrons. The van der Waals surface area contributed by atoms with E-state index >= 15 is 0 Å². The van der Waals surface area contributed by atoms with Crippen molar-refractivity contribution in [1.29, 1.82) is 0 Å². The molecule has 4 aliphatic rings. The summed E-state index contributed by atoms with van der Waals surface area (Å²) >= 11 is 0. The van der Waals surface area contributed by atoms with Crippen LogP contribution in [0, 0.1) is 21.7 Å². The van der Waals surface area contributed by atoms with Crippen LogP contribution in [-0.4, -0.2) is 50.3 Å². The van der Waals surface area contributed by atoms with Gasteiger partial charge in [0.15, 0.2) is 0 Å². The normalized spacial score (nSPS) is 28.8. The molecule has 4 saturated carbocycles. The smallest absolute Gasteiger partial charge is 0.330 e. The van der Waals surface area contributed by atoms with Gasteiger partial charge in [-0.15, -0.1) is 0 Å². The molecular formula is C34H48O8. The SMILES string of the molecule is C=CC(=O)OCCCC12CC3(CCCOC(=O)C=C)CC(CCCOC(=O)C=C)(C1)CC(CCCOC(=O)C=C)(C2)C3. The maximum absolute atomic E-state index is 11.7. The third-order valence-electron chi connectivity index (χ3n) is 9.55. The lowest BCUT2D eigenvalue weighted by atomic mass is 9.33. The molecular weight excluding hydrogens is 536 g/mol. The Morgan fingerprint density at radius 2 is 0.619 bits per heavy atom. The molecule has 8 nitrogen and oxygen atoms in total. The lowest BCUT2D eigenvalue weighted by molar-refractivity contribution is -0.214. The van der Waals surface area contributed by atoms with Gasteiger partial charge in [0, 0.05) is 24.3 Å². The minimum Gasteiger partial charge on any atom is -0.463 e. The fourth-order valence-electron chi connectivity index (χ4n) is 9.30. The average Bonchev–Trinajstić information content (AvgIpc) is 2.96. The van der Waals surface area contributed by atoms with Crippen molar-refractivity contribution in [1.82, 2.24) is 0 Å². The summed E-state index contributed by atoms with van der Waals surface area (Å²) in [7, 11) is 0. The first-order valence-corrected chi connectivity index (χ1v) is 15.2. The van der Waals surface area contributed by atoms with Crippen molar-refractivity contribution in [3.8, 4) is 0 Å². The van der Waals surface area contributed by atoms with Gasteiger partial charge in [-0.2, -0.15) is 0 Å². The van der Waals surface area contributed by atoms with Crippen molar-refractivity contribution in [3.63, 3.8) is 0 Å². The Bertz CT molecular complexity index is 843. The summed E-state index contributed by atoms with van der Waals surface area (Å²) in [5.41, 5.74) is 0.400. The van der Waals surface area contributed by atoms with Crippen LogP contribution in [0.15, 0.2) is 50.6 Å². The molecule has 0 saturated heterocycles. The van der Waals surface area contributed by atoms with E-state index in [9.17, 15) is 19.2 Å². The average molecular weight is 585 g/mol. The van der Waals surface area contributed by atoms with E-state index in [0.29, 0.717) is 26.4 Å². The number of ether oxygens (including phenoxy) is 4. The monoisotopic (exact) mass is 584 g/mol. The maximum Gasteiger partial charge on any atom is 0.330 e. The molecule has 0 aromatic rings. The van der Waals surface area contributed by atoms with E-state index in [4.69, 9.17) is 18.9 Å². The molecule has 8 heteroatoms. The number of carbonyl (C=O) groups is 4. The number of hydrogen-bond acceptors (Lipinski definition) is 8. The summed E-state index contributed by atoms with van der Waals surface area (Å²) in [5.74, 6) is -1.60. The van der Waals surface area contributed by atoms with Crippen molar-refractivity contribution in [2.45, 2.75) is 89.9 Å². The standard InChI is InChI=1S/C34H48O8/c1-5-27(35)39-17-9-13-31-21-32(14-10-18-40-28(36)6-2)24-33(22-31,15-11-19-41-29(37)7-3)26-34(23-31,25-32)16-12-20-42-30(38)8-4/h5-8H,1-4,9-26H2. The molecule has 4 bridgehead atoms. The highest BCUT2D eigenvalue weighted by molar-refractivity contribution is 5.82. The van der Waals surface area contributed by atoms with Crippen LogP contribution in [0.4, 0.5) is 0 Å². The van der Waals surface area contributed by atoms with E-state index in [2.05, 4.69) is 26.3 Å². The van der Waals surface area contributed by atoms with Gasteiger partial charge in [0.1, 0.15) is 0 Å². The lowest BCUT2D eigenvalue weighted by Crippen LogP contribution is -2.61. The quantitative estimate of drug-likeness (QED) is 0.0705. The van der Waals surface area contributed by atoms with Crippen molar-refractivity contribution in [2.24, 2.45) is 21.7 Å². The zero-order chi connectivity index (χ0) is 30.7. The van der Waals surface area contributed by atoms with E-state index in [1.54, 1.807) is 0 Å². The number of hydrogen-bond donors (Lipinski definition) is 0. The van der Waals surface area contributed by atoms with Crippen molar-refractivity contribution >= 4 is 23.9 Å². The van der Waals surface area contributed by atoms with E-state index in [1.165, 1.54) is 24.3 Å². The predicted octanol–water partition coefficient (Wildman–Crippen LogP) is 6.35. The fraction of sp³-hybridized carbons (Fsp3) is 0.647. The van der Waals surface area contributed by atoms with Crippen LogP contribution < -0.4 is 0 Å². The van der Waals surface area contributed by atoms with Gasteiger partial charge in [-0.05, 0) is 112 Å². The third kappa shape index (κ3) is 8.92. The highest BCUT2D eigenvalue weighted by Crippen LogP contribution is 2.77. The van der Waals surface area contributed by atoms with Gasteiger partial charge in [-0.3, -0.25) is 0 Å². The molecule has 0 aliphatic heterocycles. The van der Waals surface area contributed by atoms with Crippen LogP contribution in [0.1, 0.15) is 89.9 Å². The van der Waals surface area contributed by atoms with E-state index in [-0.39, 0.29) is 21.7 Å². The van der Waals surface area contributed by atoms with Gasteiger partial charge in [0.2, 0.25) is 0 Å². The van der Waals surface area contributed by atoms with Crippen molar-refractivity contribution < 1.29 is 38.1 Å².